The fraction of sp³-hybridized carbons (Fsp3) is 0.111. The van der Waals surface area contributed by atoms with Crippen molar-refractivity contribution in [2.24, 2.45) is 0 Å². The molecule has 0 aliphatic rings. The van der Waals surface area contributed by atoms with Gasteiger partial charge in [-0.3, -0.25) is 0 Å². The van der Waals surface area contributed by atoms with Gasteiger partial charge in [0.25, 0.3) is 0 Å². The van der Waals surface area contributed by atoms with Gasteiger partial charge in [-0.15, -0.1) is 0 Å². The second-order valence-corrected chi connectivity index (χ2v) is 3.23. The van der Waals surface area contributed by atoms with Crippen LogP contribution in [0.5, 0.6) is 0 Å². The Bertz CT molecular complexity index is 321. The number of rotatable bonds is 1. The van der Waals surface area contributed by atoms with Gasteiger partial charge in [-0.25, -0.2) is 4.21 Å². The van der Waals surface area contributed by atoms with Crippen LogP contribution in [0.4, 0.5) is 0 Å². The van der Waals surface area contributed by atoms with Crippen molar-refractivity contribution in [2.75, 3.05) is 6.61 Å². The van der Waals surface area contributed by atoms with Gasteiger partial charge in [0.1, 0.15) is 17.4 Å². The molecule has 1 unspecified atom stereocenters. The number of aliphatic hydroxyl groups excluding tert-OH is 1. The third kappa shape index (κ3) is 2.50. The average molecular weight is 180 g/mol. The Labute approximate surface area is 73.7 Å². The Morgan fingerprint density at radius 1 is 1.33 bits per heavy atom. The lowest BCUT2D eigenvalue weighted by Gasteiger charge is -1.90. The molecule has 0 aromatic heterocycles. The summed E-state index contributed by atoms with van der Waals surface area (Å²) in [4.78, 5) is 0.665. The summed E-state index contributed by atoms with van der Waals surface area (Å²) in [5.41, 5.74) is 0. The quantitative estimate of drug-likeness (QED) is 0.647. The first-order valence-electron chi connectivity index (χ1n) is 3.41. The van der Waals surface area contributed by atoms with E-state index in [1.54, 1.807) is 24.3 Å². The molecule has 0 heterocycles. The molecule has 1 N–H and O–H groups in total. The third-order valence-corrected chi connectivity index (χ3v) is 2.23. The van der Waals surface area contributed by atoms with Crippen molar-refractivity contribution in [3.05, 3.63) is 30.3 Å². The van der Waals surface area contributed by atoms with Crippen LogP contribution in [-0.2, 0) is 10.8 Å². The molecule has 1 atom stereocenters. The molecule has 0 bridgehead atoms. The number of hydrogen-bond acceptors (Lipinski definition) is 2. The van der Waals surface area contributed by atoms with Crippen LogP contribution in [-0.4, -0.2) is 15.9 Å². The summed E-state index contributed by atoms with van der Waals surface area (Å²) in [6.07, 6.45) is 0. The van der Waals surface area contributed by atoms with E-state index in [9.17, 15) is 4.21 Å². The Hall–Kier alpha value is -1.11. The molecule has 12 heavy (non-hydrogen) atoms. The van der Waals surface area contributed by atoms with Crippen LogP contribution in [0, 0.1) is 11.2 Å². The van der Waals surface area contributed by atoms with E-state index in [2.05, 4.69) is 11.2 Å². The van der Waals surface area contributed by atoms with E-state index in [1.807, 2.05) is 6.07 Å². The van der Waals surface area contributed by atoms with Crippen molar-refractivity contribution in [2.45, 2.75) is 4.90 Å². The van der Waals surface area contributed by atoms with Gasteiger partial charge >= 0.3 is 0 Å². The van der Waals surface area contributed by atoms with Crippen molar-refractivity contribution < 1.29 is 9.32 Å². The summed E-state index contributed by atoms with van der Waals surface area (Å²) in [5.74, 6) is 2.35. The fourth-order valence-corrected chi connectivity index (χ4v) is 1.42. The Morgan fingerprint density at radius 3 is 2.58 bits per heavy atom. The van der Waals surface area contributed by atoms with Gasteiger partial charge in [-0.2, -0.15) is 0 Å². The fourth-order valence-electron chi connectivity index (χ4n) is 0.701. The largest absolute Gasteiger partial charge is 0.384 e. The van der Waals surface area contributed by atoms with Crippen molar-refractivity contribution in [1.82, 2.24) is 0 Å². The van der Waals surface area contributed by atoms with E-state index in [-0.39, 0.29) is 6.61 Å². The second-order valence-electron chi connectivity index (χ2n) is 2.02. The van der Waals surface area contributed by atoms with Gasteiger partial charge in [0.15, 0.2) is 0 Å². The van der Waals surface area contributed by atoms with Crippen LogP contribution in [0.25, 0.3) is 0 Å². The zero-order valence-electron chi connectivity index (χ0n) is 6.36. The lowest BCUT2D eigenvalue weighted by molar-refractivity contribution is 0.350. The molecule has 2 nitrogen and oxygen atoms in total. The topological polar surface area (TPSA) is 37.3 Å². The Balaban J connectivity index is 2.79. The van der Waals surface area contributed by atoms with Crippen LogP contribution in [0.15, 0.2) is 35.2 Å². The zero-order valence-corrected chi connectivity index (χ0v) is 7.17. The smallest absolute Gasteiger partial charge is 0.130 e. The van der Waals surface area contributed by atoms with Gasteiger partial charge < -0.3 is 5.11 Å². The molecular weight excluding hydrogens is 172 g/mol. The lowest BCUT2D eigenvalue weighted by atomic mass is 10.4. The first kappa shape index (κ1) is 8.98. The monoisotopic (exact) mass is 180 g/mol. The van der Waals surface area contributed by atoms with Gasteiger partial charge in [-0.05, 0) is 12.1 Å². The first-order valence-corrected chi connectivity index (χ1v) is 4.56. The molecule has 1 aromatic rings. The number of benzene rings is 1. The van der Waals surface area contributed by atoms with Crippen LogP contribution < -0.4 is 0 Å². The van der Waals surface area contributed by atoms with Crippen LogP contribution in [0.3, 0.4) is 0 Å². The van der Waals surface area contributed by atoms with Crippen LogP contribution >= 0.6 is 0 Å². The van der Waals surface area contributed by atoms with Crippen molar-refractivity contribution in [3.63, 3.8) is 0 Å². The zero-order chi connectivity index (χ0) is 8.81. The summed E-state index contributed by atoms with van der Waals surface area (Å²) >= 11 is 0. The van der Waals surface area contributed by atoms with Gasteiger partial charge in [0, 0.05) is 5.25 Å². The molecule has 0 saturated heterocycles. The standard InChI is InChI=1S/C9H8O2S/c10-7-4-8-12(11)9-5-2-1-3-6-9/h1-3,5-6,10H,7H2. The second kappa shape index (κ2) is 4.70. The molecular formula is C9H8O2S. The van der Waals surface area contributed by atoms with E-state index in [0.717, 1.165) is 0 Å². The highest BCUT2D eigenvalue weighted by Gasteiger charge is 1.95. The average Bonchev–Trinajstić information content (AvgIpc) is 2.15. The minimum atomic E-state index is -1.30. The van der Waals surface area contributed by atoms with Crippen molar-refractivity contribution >= 4 is 10.8 Å². The van der Waals surface area contributed by atoms with Crippen LogP contribution in [0.2, 0.25) is 0 Å². The molecule has 0 radical (unpaired) electrons. The molecule has 3 heteroatoms. The molecule has 0 amide bonds. The van der Waals surface area contributed by atoms with E-state index >= 15 is 0 Å². The van der Waals surface area contributed by atoms with E-state index in [1.165, 1.54) is 0 Å². The summed E-state index contributed by atoms with van der Waals surface area (Å²) in [6, 6.07) is 8.92. The molecule has 1 rings (SSSR count). The molecule has 1 aromatic carbocycles. The highest BCUT2D eigenvalue weighted by Crippen LogP contribution is 2.03. The summed E-state index contributed by atoms with van der Waals surface area (Å²) in [7, 11) is -1.30. The number of aliphatic hydroxyl groups is 1. The lowest BCUT2D eigenvalue weighted by Crippen LogP contribution is -1.86. The van der Waals surface area contributed by atoms with Crippen molar-refractivity contribution in [1.29, 1.82) is 0 Å². The normalized spacial score (nSPS) is 11.4. The minimum absolute atomic E-state index is 0.251. The molecule has 0 fully saturated rings. The summed E-state index contributed by atoms with van der Waals surface area (Å²) in [5, 5.41) is 10.8. The predicted octanol–water partition coefficient (Wildman–Crippen LogP) is 0.747. The molecule has 0 aliphatic heterocycles. The number of hydrogen-bond donors (Lipinski definition) is 1. The van der Waals surface area contributed by atoms with Crippen molar-refractivity contribution in [3.8, 4) is 11.2 Å². The maximum absolute atomic E-state index is 11.2. The van der Waals surface area contributed by atoms with Gasteiger partial charge in [-0.1, -0.05) is 24.1 Å². The maximum Gasteiger partial charge on any atom is 0.130 e. The van der Waals surface area contributed by atoms with Gasteiger partial charge in [0.05, 0.1) is 4.90 Å². The summed E-state index contributed by atoms with van der Waals surface area (Å²) < 4.78 is 11.2. The Morgan fingerprint density at radius 2 is 2.00 bits per heavy atom. The molecule has 0 spiro atoms. The highest BCUT2D eigenvalue weighted by atomic mass is 32.2. The SMILES string of the molecule is O=S(C#CCO)c1ccccc1. The minimum Gasteiger partial charge on any atom is -0.384 e. The van der Waals surface area contributed by atoms with E-state index < -0.39 is 10.8 Å². The molecule has 62 valence electrons. The maximum atomic E-state index is 11.2. The predicted molar refractivity (Wildman–Crippen MR) is 47.7 cm³/mol. The summed E-state index contributed by atoms with van der Waals surface area (Å²) in [6.45, 7) is -0.251. The first-order chi connectivity index (χ1) is 5.84. The van der Waals surface area contributed by atoms with E-state index in [4.69, 9.17) is 5.11 Å². The van der Waals surface area contributed by atoms with Gasteiger partial charge in [0.2, 0.25) is 0 Å². The molecule has 0 aliphatic carbocycles. The van der Waals surface area contributed by atoms with E-state index in [0.29, 0.717) is 4.90 Å². The Kier molecular flexibility index (Phi) is 3.52. The third-order valence-electron chi connectivity index (χ3n) is 1.20. The van der Waals surface area contributed by atoms with Crippen LogP contribution in [0.1, 0.15) is 0 Å². The molecule has 0 saturated carbocycles. The highest BCUT2D eigenvalue weighted by molar-refractivity contribution is 7.89.